The molecule has 2 rings (SSSR count). The van der Waals surface area contributed by atoms with Crippen LogP contribution in [0.15, 0.2) is 18.2 Å². The quantitative estimate of drug-likeness (QED) is 0.728. The molecule has 0 aliphatic heterocycles. The number of hydrogen-bond donors (Lipinski definition) is 3. The van der Waals surface area contributed by atoms with Crippen LogP contribution in [-0.2, 0) is 9.59 Å². The molecule has 1 aliphatic carbocycles. The topological polar surface area (TPSA) is 78.4 Å². The van der Waals surface area contributed by atoms with Gasteiger partial charge in [0.05, 0.1) is 22.9 Å². The van der Waals surface area contributed by atoms with Crippen molar-refractivity contribution in [3.63, 3.8) is 0 Å². The highest BCUT2D eigenvalue weighted by molar-refractivity contribution is 6.42. The van der Waals surface area contributed by atoms with E-state index in [1.54, 1.807) is 6.07 Å². The lowest BCUT2D eigenvalue weighted by Gasteiger charge is -2.28. The first-order chi connectivity index (χ1) is 9.97. The number of amides is 2. The van der Waals surface area contributed by atoms with Crippen LogP contribution in [0.25, 0.3) is 0 Å². The molecule has 7 heteroatoms. The Labute approximate surface area is 132 Å². The zero-order valence-corrected chi connectivity index (χ0v) is 12.7. The Morgan fingerprint density at radius 1 is 1.14 bits per heavy atom. The van der Waals surface area contributed by atoms with E-state index in [1.165, 1.54) is 12.1 Å². The summed E-state index contributed by atoms with van der Waals surface area (Å²) in [6.07, 6.45) is 2.55. The van der Waals surface area contributed by atoms with Gasteiger partial charge >= 0.3 is 11.8 Å². The molecule has 5 nitrogen and oxygen atoms in total. The average Bonchev–Trinajstić information content (AvgIpc) is 2.44. The average molecular weight is 331 g/mol. The van der Waals surface area contributed by atoms with Gasteiger partial charge in [-0.1, -0.05) is 36.0 Å². The van der Waals surface area contributed by atoms with E-state index in [4.69, 9.17) is 23.2 Å². The summed E-state index contributed by atoms with van der Waals surface area (Å²) in [6.45, 7) is 0. The van der Waals surface area contributed by atoms with E-state index in [0.717, 1.165) is 12.8 Å². The van der Waals surface area contributed by atoms with Gasteiger partial charge in [-0.05, 0) is 31.0 Å². The van der Waals surface area contributed by atoms with Crippen LogP contribution in [0.5, 0.6) is 0 Å². The van der Waals surface area contributed by atoms with Gasteiger partial charge < -0.3 is 15.7 Å². The molecular weight excluding hydrogens is 315 g/mol. The van der Waals surface area contributed by atoms with Crippen LogP contribution in [0, 0.1) is 0 Å². The number of carbonyl (C=O) groups excluding carboxylic acids is 2. The highest BCUT2D eigenvalue weighted by atomic mass is 35.5. The lowest BCUT2D eigenvalue weighted by molar-refractivity contribution is -0.137. The molecule has 3 N–H and O–H groups in total. The number of benzene rings is 1. The van der Waals surface area contributed by atoms with Crippen molar-refractivity contribution in [3.8, 4) is 0 Å². The van der Waals surface area contributed by atoms with Crippen LogP contribution in [0.2, 0.25) is 10.0 Å². The number of aliphatic hydroxyl groups is 1. The van der Waals surface area contributed by atoms with E-state index in [-0.39, 0.29) is 11.1 Å². The van der Waals surface area contributed by atoms with Crippen LogP contribution >= 0.6 is 23.2 Å². The number of halogens is 2. The Kier molecular flexibility index (Phi) is 5.45. The highest BCUT2D eigenvalue weighted by Gasteiger charge is 2.27. The number of anilines is 1. The molecule has 2 atom stereocenters. The van der Waals surface area contributed by atoms with Gasteiger partial charge in [0, 0.05) is 5.02 Å². The first-order valence-corrected chi connectivity index (χ1v) is 7.48. The third-order valence-electron chi connectivity index (χ3n) is 3.43. The van der Waals surface area contributed by atoms with Gasteiger partial charge in [0.1, 0.15) is 0 Å². The van der Waals surface area contributed by atoms with Gasteiger partial charge in [0.25, 0.3) is 0 Å². The second-order valence-electron chi connectivity index (χ2n) is 5.01. The highest BCUT2D eigenvalue weighted by Crippen LogP contribution is 2.25. The molecule has 1 saturated carbocycles. The van der Waals surface area contributed by atoms with E-state index >= 15 is 0 Å². The monoisotopic (exact) mass is 330 g/mol. The van der Waals surface area contributed by atoms with Crippen molar-refractivity contribution in [1.82, 2.24) is 5.32 Å². The van der Waals surface area contributed by atoms with Crippen LogP contribution < -0.4 is 10.6 Å². The molecule has 1 aliphatic rings. The first-order valence-electron chi connectivity index (χ1n) is 6.72. The maximum absolute atomic E-state index is 11.8. The zero-order valence-electron chi connectivity index (χ0n) is 11.2. The summed E-state index contributed by atoms with van der Waals surface area (Å²) in [5, 5.41) is 15.4. The van der Waals surface area contributed by atoms with Gasteiger partial charge in [-0.25, -0.2) is 0 Å². The van der Waals surface area contributed by atoms with Crippen LogP contribution in [-0.4, -0.2) is 29.1 Å². The summed E-state index contributed by atoms with van der Waals surface area (Å²) in [5.74, 6) is -1.61. The van der Waals surface area contributed by atoms with Gasteiger partial charge in [-0.2, -0.15) is 0 Å². The van der Waals surface area contributed by atoms with Crippen molar-refractivity contribution in [3.05, 3.63) is 28.2 Å². The largest absolute Gasteiger partial charge is 0.391 e. The van der Waals surface area contributed by atoms with E-state index in [2.05, 4.69) is 10.6 Å². The lowest BCUT2D eigenvalue weighted by atomic mass is 9.92. The molecule has 1 aromatic rings. The molecule has 114 valence electrons. The van der Waals surface area contributed by atoms with Crippen LogP contribution in [0.4, 0.5) is 5.69 Å². The van der Waals surface area contributed by atoms with Crippen molar-refractivity contribution in [2.24, 2.45) is 0 Å². The molecule has 0 aromatic heterocycles. The van der Waals surface area contributed by atoms with Crippen LogP contribution in [0.1, 0.15) is 25.7 Å². The Hall–Kier alpha value is -1.30. The fraction of sp³-hybridized carbons (Fsp3) is 0.429. The number of aliphatic hydroxyl groups excluding tert-OH is 1. The molecule has 0 radical (unpaired) electrons. The predicted molar refractivity (Wildman–Crippen MR) is 81.5 cm³/mol. The summed E-state index contributed by atoms with van der Waals surface area (Å²) in [4.78, 5) is 23.7. The molecule has 1 aromatic carbocycles. The van der Waals surface area contributed by atoms with Gasteiger partial charge in [-0.15, -0.1) is 0 Å². The summed E-state index contributed by atoms with van der Waals surface area (Å²) < 4.78 is 0. The van der Waals surface area contributed by atoms with E-state index in [0.29, 0.717) is 23.6 Å². The molecule has 21 heavy (non-hydrogen) atoms. The third kappa shape index (κ3) is 4.33. The van der Waals surface area contributed by atoms with Crippen LogP contribution in [0.3, 0.4) is 0 Å². The second-order valence-corrected chi connectivity index (χ2v) is 5.85. The fourth-order valence-electron chi connectivity index (χ4n) is 2.28. The number of rotatable bonds is 2. The van der Waals surface area contributed by atoms with E-state index in [9.17, 15) is 14.7 Å². The zero-order chi connectivity index (χ0) is 15.4. The molecule has 0 saturated heterocycles. The van der Waals surface area contributed by atoms with Gasteiger partial charge in [0.15, 0.2) is 0 Å². The van der Waals surface area contributed by atoms with Crippen molar-refractivity contribution in [2.75, 3.05) is 5.32 Å². The van der Waals surface area contributed by atoms with E-state index in [1.807, 2.05) is 0 Å². The number of nitrogens with one attached hydrogen (secondary N) is 2. The predicted octanol–water partition coefficient (Wildman–Crippen LogP) is 2.35. The third-order valence-corrected chi connectivity index (χ3v) is 3.98. The Balaban J connectivity index is 1.94. The summed E-state index contributed by atoms with van der Waals surface area (Å²) in [7, 11) is 0. The van der Waals surface area contributed by atoms with Gasteiger partial charge in [-0.3, -0.25) is 9.59 Å². The van der Waals surface area contributed by atoms with Crippen molar-refractivity contribution < 1.29 is 14.7 Å². The second kappa shape index (κ2) is 7.11. The minimum atomic E-state index is -0.822. The fourth-order valence-corrected chi connectivity index (χ4v) is 2.74. The summed E-state index contributed by atoms with van der Waals surface area (Å²) in [5.41, 5.74) is 0.311. The smallest absolute Gasteiger partial charge is 0.313 e. The lowest BCUT2D eigenvalue weighted by Crippen LogP contribution is -2.48. The Bertz CT molecular complexity index is 551. The molecule has 0 bridgehead atoms. The first kappa shape index (κ1) is 16.1. The van der Waals surface area contributed by atoms with Crippen molar-refractivity contribution in [1.29, 1.82) is 0 Å². The Morgan fingerprint density at radius 2 is 1.86 bits per heavy atom. The summed E-state index contributed by atoms with van der Waals surface area (Å²) in [6, 6.07) is 4.18. The number of hydrogen-bond acceptors (Lipinski definition) is 3. The number of carbonyl (C=O) groups is 2. The minimum Gasteiger partial charge on any atom is -0.391 e. The molecular formula is C14H16Cl2N2O3. The molecule has 2 unspecified atom stereocenters. The minimum absolute atomic E-state index is 0.251. The molecule has 1 fully saturated rings. The van der Waals surface area contributed by atoms with Crippen molar-refractivity contribution >= 4 is 40.7 Å². The maximum atomic E-state index is 11.8. The molecule has 2 amide bonds. The summed E-state index contributed by atoms with van der Waals surface area (Å²) >= 11 is 11.7. The Morgan fingerprint density at radius 3 is 2.52 bits per heavy atom. The van der Waals surface area contributed by atoms with Crippen molar-refractivity contribution in [2.45, 2.75) is 37.8 Å². The molecule has 0 heterocycles. The normalized spacial score (nSPS) is 21.7. The standard InChI is InChI=1S/C14H16Cl2N2O3/c15-8-5-6-10(9(16)7-8)17-13(20)14(21)18-11-3-1-2-4-12(11)19/h5-7,11-12,19H,1-4H2,(H,17,20)(H,18,21). The maximum Gasteiger partial charge on any atom is 0.313 e. The molecule has 0 spiro atoms. The van der Waals surface area contributed by atoms with Gasteiger partial charge in [0.2, 0.25) is 0 Å². The SMILES string of the molecule is O=C(Nc1ccc(Cl)cc1Cl)C(=O)NC1CCCCC1O. The van der Waals surface area contributed by atoms with E-state index < -0.39 is 17.9 Å².